The number of piperidine rings is 1. The molecule has 28 heavy (non-hydrogen) atoms. The van der Waals surface area contributed by atoms with Crippen molar-refractivity contribution in [3.8, 4) is 0 Å². The lowest BCUT2D eigenvalue weighted by Gasteiger charge is -2.39. The van der Waals surface area contributed by atoms with E-state index < -0.39 is 0 Å². The normalized spacial score (nSPS) is 22.6. The molecule has 0 aromatic carbocycles. The molecule has 2 aromatic heterocycles. The fourth-order valence-corrected chi connectivity index (χ4v) is 5.63. The molecule has 2 fully saturated rings. The highest BCUT2D eigenvalue weighted by molar-refractivity contribution is 7.11. The van der Waals surface area contributed by atoms with E-state index in [1.165, 1.54) is 22.6 Å². The fourth-order valence-electron chi connectivity index (χ4n) is 4.70. The summed E-state index contributed by atoms with van der Waals surface area (Å²) in [7, 11) is 2.10. The van der Waals surface area contributed by atoms with Gasteiger partial charge in [-0.15, -0.1) is 11.3 Å². The number of likely N-dealkylation sites (N-methyl/N-ethyl adjacent to an activating group) is 1. The van der Waals surface area contributed by atoms with E-state index in [1.54, 1.807) is 6.20 Å². The highest BCUT2D eigenvalue weighted by Gasteiger charge is 2.46. The molecule has 1 spiro atoms. The largest absolute Gasteiger partial charge is 0.349 e. The summed E-state index contributed by atoms with van der Waals surface area (Å²) in [6.07, 6.45) is 5.12. The molecule has 150 valence electrons. The minimum atomic E-state index is -0.0183. The molecule has 4 rings (SSSR count). The molecule has 0 aliphatic carbocycles. The molecule has 2 aliphatic rings. The number of carbonyl (C=O) groups is 1. The van der Waals surface area contributed by atoms with E-state index in [1.807, 2.05) is 29.5 Å². The van der Waals surface area contributed by atoms with Gasteiger partial charge in [0.25, 0.3) is 0 Å². The molecule has 2 saturated heterocycles. The van der Waals surface area contributed by atoms with Gasteiger partial charge in [0.05, 0.1) is 18.3 Å². The molecule has 1 N–H and O–H groups in total. The van der Waals surface area contributed by atoms with Gasteiger partial charge in [-0.05, 0) is 76.0 Å². The van der Waals surface area contributed by atoms with Gasteiger partial charge >= 0.3 is 0 Å². The number of thiophene rings is 1. The van der Waals surface area contributed by atoms with Crippen LogP contribution < -0.4 is 5.32 Å². The molecule has 2 aliphatic heterocycles. The van der Waals surface area contributed by atoms with Crippen LogP contribution in [0, 0.1) is 12.3 Å². The molecule has 1 amide bonds. The number of amides is 1. The Kier molecular flexibility index (Phi) is 5.80. The zero-order chi connectivity index (χ0) is 19.6. The van der Waals surface area contributed by atoms with Gasteiger partial charge < -0.3 is 5.32 Å². The summed E-state index contributed by atoms with van der Waals surface area (Å²) in [5, 5.41) is 3.08. The number of pyridine rings is 1. The smallest absolute Gasteiger partial charge is 0.237 e. The van der Waals surface area contributed by atoms with E-state index in [4.69, 9.17) is 0 Å². The van der Waals surface area contributed by atoms with Gasteiger partial charge in [0.2, 0.25) is 5.91 Å². The first-order chi connectivity index (χ1) is 13.5. The number of aryl methyl sites for hydroxylation is 1. The van der Waals surface area contributed by atoms with Crippen molar-refractivity contribution in [2.24, 2.45) is 5.41 Å². The number of hydrogen-bond donors (Lipinski definition) is 1. The standard InChI is InChI=1S/C22H30N4OS/c1-17-6-7-19(28-17)15-26-11-8-22(9-12-26)13-20(25(2)16-22)21(27)24-14-18-5-3-4-10-23-18/h3-7,10,20H,8-9,11-16H2,1-2H3,(H,24,27)/t20-/m0/s1. The van der Waals surface area contributed by atoms with E-state index in [2.05, 4.69) is 46.2 Å². The van der Waals surface area contributed by atoms with Crippen LogP contribution in [-0.2, 0) is 17.9 Å². The van der Waals surface area contributed by atoms with Crippen molar-refractivity contribution in [3.05, 3.63) is 52.0 Å². The van der Waals surface area contributed by atoms with Crippen LogP contribution in [0.4, 0.5) is 0 Å². The van der Waals surface area contributed by atoms with Gasteiger partial charge in [0.15, 0.2) is 0 Å². The van der Waals surface area contributed by atoms with Crippen LogP contribution in [0.3, 0.4) is 0 Å². The van der Waals surface area contributed by atoms with Gasteiger partial charge in [0, 0.05) is 29.0 Å². The number of carbonyl (C=O) groups excluding carboxylic acids is 1. The SMILES string of the molecule is Cc1ccc(CN2CCC3(CC2)C[C@@H](C(=O)NCc2ccccn2)N(C)C3)s1. The molecular weight excluding hydrogens is 368 g/mol. The third kappa shape index (κ3) is 4.45. The summed E-state index contributed by atoms with van der Waals surface area (Å²) in [5.74, 6) is 0.140. The second-order valence-corrected chi connectivity index (χ2v) is 9.83. The maximum absolute atomic E-state index is 12.8. The number of likely N-dealkylation sites (tertiary alicyclic amines) is 2. The van der Waals surface area contributed by atoms with Crippen molar-refractivity contribution >= 4 is 17.2 Å². The van der Waals surface area contributed by atoms with Gasteiger partial charge in [-0.3, -0.25) is 19.6 Å². The first-order valence-electron chi connectivity index (χ1n) is 10.2. The van der Waals surface area contributed by atoms with E-state index in [0.29, 0.717) is 12.0 Å². The molecular formula is C22H30N4OS. The molecule has 6 heteroatoms. The lowest BCUT2D eigenvalue weighted by molar-refractivity contribution is -0.125. The molecule has 0 unspecified atom stereocenters. The summed E-state index contributed by atoms with van der Waals surface area (Å²) in [6.45, 7) is 7.04. The summed E-state index contributed by atoms with van der Waals surface area (Å²) >= 11 is 1.91. The van der Waals surface area contributed by atoms with Crippen molar-refractivity contribution < 1.29 is 4.79 Å². The monoisotopic (exact) mass is 398 g/mol. The Labute approximate surface area is 171 Å². The Hall–Kier alpha value is -1.76. The third-order valence-electron chi connectivity index (χ3n) is 6.31. The van der Waals surface area contributed by atoms with Crippen molar-refractivity contribution in [2.75, 3.05) is 26.7 Å². The third-order valence-corrected chi connectivity index (χ3v) is 7.29. The van der Waals surface area contributed by atoms with Crippen LogP contribution in [0.15, 0.2) is 36.5 Å². The van der Waals surface area contributed by atoms with Crippen molar-refractivity contribution in [3.63, 3.8) is 0 Å². The Bertz CT molecular complexity index is 798. The van der Waals surface area contributed by atoms with Gasteiger partial charge in [-0.2, -0.15) is 0 Å². The summed E-state index contributed by atoms with van der Waals surface area (Å²) in [6, 6.07) is 10.3. The topological polar surface area (TPSA) is 48.5 Å². The van der Waals surface area contributed by atoms with Crippen LogP contribution in [0.2, 0.25) is 0 Å². The Morgan fingerprint density at radius 2 is 2.11 bits per heavy atom. The van der Waals surface area contributed by atoms with Crippen LogP contribution >= 0.6 is 11.3 Å². The predicted molar refractivity (Wildman–Crippen MR) is 113 cm³/mol. The predicted octanol–water partition coefficient (Wildman–Crippen LogP) is 3.05. The molecule has 5 nitrogen and oxygen atoms in total. The minimum absolute atomic E-state index is 0.0183. The zero-order valence-electron chi connectivity index (χ0n) is 16.9. The Morgan fingerprint density at radius 3 is 2.79 bits per heavy atom. The molecule has 0 saturated carbocycles. The van der Waals surface area contributed by atoms with Crippen molar-refractivity contribution in [2.45, 2.75) is 45.3 Å². The quantitative estimate of drug-likeness (QED) is 0.841. The van der Waals surface area contributed by atoms with Gasteiger partial charge in [-0.1, -0.05) is 6.07 Å². The highest BCUT2D eigenvalue weighted by atomic mass is 32.1. The van der Waals surface area contributed by atoms with Crippen LogP contribution in [0.5, 0.6) is 0 Å². The van der Waals surface area contributed by atoms with Crippen molar-refractivity contribution in [1.29, 1.82) is 0 Å². The second kappa shape index (κ2) is 8.31. The van der Waals surface area contributed by atoms with Crippen molar-refractivity contribution in [1.82, 2.24) is 20.1 Å². The van der Waals surface area contributed by atoms with Crippen LogP contribution in [-0.4, -0.2) is 53.4 Å². The van der Waals surface area contributed by atoms with E-state index in [9.17, 15) is 4.79 Å². The fraction of sp³-hybridized carbons (Fsp3) is 0.545. The highest BCUT2D eigenvalue weighted by Crippen LogP contribution is 2.43. The lowest BCUT2D eigenvalue weighted by Crippen LogP contribution is -2.41. The number of hydrogen-bond acceptors (Lipinski definition) is 5. The molecule has 1 atom stereocenters. The maximum Gasteiger partial charge on any atom is 0.237 e. The van der Waals surface area contributed by atoms with E-state index in [-0.39, 0.29) is 11.9 Å². The summed E-state index contributed by atoms with van der Waals surface area (Å²) in [4.78, 5) is 24.7. The number of nitrogens with one attached hydrogen (secondary N) is 1. The number of rotatable bonds is 5. The second-order valence-electron chi connectivity index (χ2n) is 8.46. The van der Waals surface area contributed by atoms with Crippen LogP contribution in [0.1, 0.15) is 34.7 Å². The summed E-state index contributed by atoms with van der Waals surface area (Å²) < 4.78 is 0. The average Bonchev–Trinajstić information content (AvgIpc) is 3.25. The number of nitrogens with zero attached hydrogens (tertiary/aromatic N) is 3. The molecule has 0 bridgehead atoms. The van der Waals surface area contributed by atoms with E-state index in [0.717, 1.165) is 38.3 Å². The molecule has 4 heterocycles. The maximum atomic E-state index is 12.8. The average molecular weight is 399 g/mol. The number of aromatic nitrogens is 1. The first-order valence-corrected chi connectivity index (χ1v) is 11.0. The molecule has 0 radical (unpaired) electrons. The zero-order valence-corrected chi connectivity index (χ0v) is 17.7. The van der Waals surface area contributed by atoms with Crippen LogP contribution in [0.25, 0.3) is 0 Å². The molecule has 2 aromatic rings. The Balaban J connectivity index is 1.29. The minimum Gasteiger partial charge on any atom is -0.349 e. The van der Waals surface area contributed by atoms with Gasteiger partial charge in [0.1, 0.15) is 0 Å². The lowest BCUT2D eigenvalue weighted by atomic mass is 9.76. The Morgan fingerprint density at radius 1 is 1.29 bits per heavy atom. The summed E-state index contributed by atoms with van der Waals surface area (Å²) in [5.41, 5.74) is 1.20. The van der Waals surface area contributed by atoms with Gasteiger partial charge in [-0.25, -0.2) is 0 Å². The van der Waals surface area contributed by atoms with E-state index >= 15 is 0 Å². The first kappa shape index (κ1) is 19.6.